The lowest BCUT2D eigenvalue weighted by Gasteiger charge is -2.18. The van der Waals surface area contributed by atoms with E-state index in [-0.39, 0.29) is 5.82 Å². The summed E-state index contributed by atoms with van der Waals surface area (Å²) >= 11 is 3.13. The Labute approximate surface area is 119 Å². The molecule has 0 saturated carbocycles. The zero-order chi connectivity index (χ0) is 14.0. The maximum Gasteiger partial charge on any atom is 0.246 e. The van der Waals surface area contributed by atoms with E-state index < -0.39 is 5.54 Å². The molecule has 0 aliphatic rings. The molecule has 0 amide bonds. The van der Waals surface area contributed by atoms with Crippen LogP contribution in [0.25, 0.3) is 11.4 Å². The summed E-state index contributed by atoms with van der Waals surface area (Å²) in [5.74, 6) is 0.468. The summed E-state index contributed by atoms with van der Waals surface area (Å²) in [5, 5.41) is 3.90. The van der Waals surface area contributed by atoms with E-state index in [1.165, 1.54) is 6.07 Å². The zero-order valence-electron chi connectivity index (χ0n) is 10.8. The largest absolute Gasteiger partial charge is 0.337 e. The van der Waals surface area contributed by atoms with Gasteiger partial charge < -0.3 is 10.3 Å². The van der Waals surface area contributed by atoms with Gasteiger partial charge in [-0.15, -0.1) is 0 Å². The van der Waals surface area contributed by atoms with Crippen molar-refractivity contribution in [2.24, 2.45) is 5.73 Å². The van der Waals surface area contributed by atoms with E-state index in [2.05, 4.69) is 26.1 Å². The second-order valence-corrected chi connectivity index (χ2v) is 5.57. The van der Waals surface area contributed by atoms with Crippen LogP contribution in [0.15, 0.2) is 27.2 Å². The van der Waals surface area contributed by atoms with Crippen LogP contribution in [0.3, 0.4) is 0 Å². The Morgan fingerprint density at radius 1 is 1.47 bits per heavy atom. The lowest BCUT2D eigenvalue weighted by Crippen LogP contribution is -2.33. The highest BCUT2D eigenvalue weighted by Gasteiger charge is 2.27. The van der Waals surface area contributed by atoms with Gasteiger partial charge in [-0.25, -0.2) is 4.39 Å². The lowest BCUT2D eigenvalue weighted by molar-refractivity contribution is 0.284. The topological polar surface area (TPSA) is 64.9 Å². The van der Waals surface area contributed by atoms with Crippen molar-refractivity contribution in [2.45, 2.75) is 32.2 Å². The van der Waals surface area contributed by atoms with Crippen molar-refractivity contribution in [1.82, 2.24) is 10.1 Å². The molecule has 0 aliphatic carbocycles. The normalized spacial score (nSPS) is 14.4. The van der Waals surface area contributed by atoms with Crippen LogP contribution in [0.5, 0.6) is 0 Å². The van der Waals surface area contributed by atoms with Gasteiger partial charge in [0.05, 0.1) is 10.0 Å². The van der Waals surface area contributed by atoms with Crippen molar-refractivity contribution in [3.63, 3.8) is 0 Å². The van der Waals surface area contributed by atoms with Gasteiger partial charge in [-0.2, -0.15) is 4.98 Å². The van der Waals surface area contributed by atoms with Gasteiger partial charge in [-0.1, -0.05) is 18.5 Å². The molecule has 4 nitrogen and oxygen atoms in total. The SMILES string of the molecule is CCCC(C)(N)c1nc(-c2ccc(F)c(Br)c2)no1. The molecule has 0 aliphatic heterocycles. The lowest BCUT2D eigenvalue weighted by atomic mass is 9.98. The van der Waals surface area contributed by atoms with E-state index in [0.717, 1.165) is 12.8 Å². The molecular weight excluding hydrogens is 313 g/mol. The predicted octanol–water partition coefficient (Wildman–Crippen LogP) is 3.61. The second kappa shape index (κ2) is 5.38. The molecule has 2 N–H and O–H groups in total. The van der Waals surface area contributed by atoms with Crippen molar-refractivity contribution in [2.75, 3.05) is 0 Å². The molecule has 0 radical (unpaired) electrons. The van der Waals surface area contributed by atoms with Crippen molar-refractivity contribution in [1.29, 1.82) is 0 Å². The molecule has 2 rings (SSSR count). The summed E-state index contributed by atoms with van der Waals surface area (Å²) in [7, 11) is 0. The van der Waals surface area contributed by atoms with Crippen LogP contribution in [0.4, 0.5) is 4.39 Å². The van der Waals surface area contributed by atoms with E-state index in [0.29, 0.717) is 21.8 Å². The monoisotopic (exact) mass is 327 g/mol. The van der Waals surface area contributed by atoms with E-state index in [1.54, 1.807) is 12.1 Å². The fourth-order valence-corrected chi connectivity index (χ4v) is 2.21. The van der Waals surface area contributed by atoms with E-state index in [9.17, 15) is 4.39 Å². The maximum absolute atomic E-state index is 13.2. The summed E-state index contributed by atoms with van der Waals surface area (Å²) in [6.45, 7) is 3.90. The Kier molecular flexibility index (Phi) is 4.01. The minimum atomic E-state index is -0.642. The Hall–Kier alpha value is -1.27. The number of hydrogen-bond donors (Lipinski definition) is 1. The van der Waals surface area contributed by atoms with Crippen molar-refractivity contribution < 1.29 is 8.91 Å². The molecule has 1 unspecified atom stereocenters. The molecule has 1 aromatic heterocycles. The van der Waals surface area contributed by atoms with Crippen molar-refractivity contribution in [3.8, 4) is 11.4 Å². The van der Waals surface area contributed by atoms with Gasteiger partial charge in [-0.3, -0.25) is 0 Å². The molecule has 1 heterocycles. The molecule has 19 heavy (non-hydrogen) atoms. The van der Waals surface area contributed by atoms with Crippen LogP contribution in [0, 0.1) is 5.82 Å². The molecule has 1 atom stereocenters. The molecule has 0 fully saturated rings. The number of nitrogens with two attached hydrogens (primary N) is 1. The fourth-order valence-electron chi connectivity index (χ4n) is 1.83. The number of nitrogens with zero attached hydrogens (tertiary/aromatic N) is 2. The molecule has 0 spiro atoms. The molecule has 6 heteroatoms. The molecule has 102 valence electrons. The van der Waals surface area contributed by atoms with Crippen LogP contribution in [0.1, 0.15) is 32.6 Å². The fraction of sp³-hybridized carbons (Fsp3) is 0.385. The van der Waals surface area contributed by atoms with Gasteiger partial charge in [0.1, 0.15) is 5.82 Å². The van der Waals surface area contributed by atoms with Gasteiger partial charge in [0.2, 0.25) is 11.7 Å². The molecular formula is C13H15BrFN3O. The first-order valence-electron chi connectivity index (χ1n) is 6.02. The first kappa shape index (κ1) is 14.1. The smallest absolute Gasteiger partial charge is 0.246 e. The van der Waals surface area contributed by atoms with Crippen LogP contribution < -0.4 is 5.73 Å². The van der Waals surface area contributed by atoms with E-state index in [1.807, 2.05) is 13.8 Å². The van der Waals surface area contributed by atoms with Gasteiger partial charge in [0.15, 0.2) is 0 Å². The third-order valence-electron chi connectivity index (χ3n) is 2.86. The Bertz CT molecular complexity index is 583. The van der Waals surface area contributed by atoms with Crippen molar-refractivity contribution >= 4 is 15.9 Å². The molecule has 2 aromatic rings. The Balaban J connectivity index is 2.33. The van der Waals surface area contributed by atoms with Crippen LogP contribution in [-0.4, -0.2) is 10.1 Å². The highest BCUT2D eigenvalue weighted by atomic mass is 79.9. The Morgan fingerprint density at radius 2 is 2.21 bits per heavy atom. The maximum atomic E-state index is 13.2. The summed E-state index contributed by atoms with van der Waals surface area (Å²) in [4.78, 5) is 4.30. The number of aromatic nitrogens is 2. The number of benzene rings is 1. The van der Waals surface area contributed by atoms with Crippen LogP contribution in [0.2, 0.25) is 0 Å². The number of hydrogen-bond acceptors (Lipinski definition) is 4. The third-order valence-corrected chi connectivity index (χ3v) is 3.47. The Morgan fingerprint density at radius 3 is 2.84 bits per heavy atom. The summed E-state index contributed by atoms with van der Waals surface area (Å²) in [6, 6.07) is 4.56. The highest BCUT2D eigenvalue weighted by Crippen LogP contribution is 2.26. The van der Waals surface area contributed by atoms with Crippen molar-refractivity contribution in [3.05, 3.63) is 34.4 Å². The van der Waals surface area contributed by atoms with E-state index >= 15 is 0 Å². The standard InChI is InChI=1S/C13H15BrFN3O/c1-3-6-13(2,16)12-17-11(18-19-12)8-4-5-10(15)9(14)7-8/h4-5,7H,3,6,16H2,1-2H3. The summed E-state index contributed by atoms with van der Waals surface area (Å²) in [6.07, 6.45) is 1.68. The zero-order valence-corrected chi connectivity index (χ0v) is 12.4. The average Bonchev–Trinajstić information content (AvgIpc) is 2.83. The van der Waals surface area contributed by atoms with E-state index in [4.69, 9.17) is 10.3 Å². The minimum absolute atomic E-state index is 0.331. The van der Waals surface area contributed by atoms with Crippen LogP contribution in [-0.2, 0) is 5.54 Å². The highest BCUT2D eigenvalue weighted by molar-refractivity contribution is 9.10. The first-order valence-corrected chi connectivity index (χ1v) is 6.82. The van der Waals surface area contributed by atoms with Gasteiger partial charge >= 0.3 is 0 Å². The van der Waals surface area contributed by atoms with Gasteiger partial charge in [0, 0.05) is 5.56 Å². The average molecular weight is 328 g/mol. The minimum Gasteiger partial charge on any atom is -0.337 e. The quantitative estimate of drug-likeness (QED) is 0.931. The molecule has 0 saturated heterocycles. The molecule has 0 bridgehead atoms. The summed E-state index contributed by atoms with van der Waals surface area (Å²) < 4.78 is 18.8. The van der Waals surface area contributed by atoms with Gasteiger partial charge in [-0.05, 0) is 47.5 Å². The third kappa shape index (κ3) is 3.01. The second-order valence-electron chi connectivity index (χ2n) is 4.72. The number of rotatable bonds is 4. The van der Waals surface area contributed by atoms with Gasteiger partial charge in [0.25, 0.3) is 0 Å². The van der Waals surface area contributed by atoms with Crippen LogP contribution >= 0.6 is 15.9 Å². The molecule has 1 aromatic carbocycles. The first-order chi connectivity index (χ1) is 8.94. The number of halogens is 2. The predicted molar refractivity (Wildman–Crippen MR) is 73.8 cm³/mol. The summed E-state index contributed by atoms with van der Waals surface area (Å²) in [5.41, 5.74) is 6.16.